The largest absolute Gasteiger partial charge is 0.353 e. The number of hydrogen-bond acceptors (Lipinski definition) is 3. The van der Waals surface area contributed by atoms with E-state index in [1.165, 1.54) is 25.9 Å². The fraction of sp³-hybridized carbons (Fsp3) is 0.933. The Bertz CT molecular complexity index is 293. The molecule has 19 heavy (non-hydrogen) atoms. The van der Waals surface area contributed by atoms with Gasteiger partial charge in [0, 0.05) is 31.1 Å². The minimum atomic E-state index is 0.238. The van der Waals surface area contributed by atoms with Crippen molar-refractivity contribution in [1.29, 1.82) is 0 Å². The van der Waals surface area contributed by atoms with Gasteiger partial charge in [-0.2, -0.15) is 0 Å². The maximum atomic E-state index is 11.9. The SMILES string of the molecule is CC(C)NCCCC(=O)NC1CCN2CCCC2C1. The van der Waals surface area contributed by atoms with Crippen LogP contribution in [0.25, 0.3) is 0 Å². The maximum Gasteiger partial charge on any atom is 0.220 e. The van der Waals surface area contributed by atoms with Gasteiger partial charge in [0.25, 0.3) is 0 Å². The highest BCUT2D eigenvalue weighted by atomic mass is 16.1. The Hall–Kier alpha value is -0.610. The molecule has 0 aromatic rings. The van der Waals surface area contributed by atoms with Crippen molar-refractivity contribution in [1.82, 2.24) is 15.5 Å². The highest BCUT2D eigenvalue weighted by Crippen LogP contribution is 2.26. The van der Waals surface area contributed by atoms with Gasteiger partial charge < -0.3 is 15.5 Å². The molecule has 2 rings (SSSR count). The van der Waals surface area contributed by atoms with Crippen LogP contribution in [0.2, 0.25) is 0 Å². The maximum absolute atomic E-state index is 11.9. The molecule has 110 valence electrons. The lowest BCUT2D eigenvalue weighted by Crippen LogP contribution is -2.47. The van der Waals surface area contributed by atoms with Crippen molar-refractivity contribution in [3.63, 3.8) is 0 Å². The summed E-state index contributed by atoms with van der Waals surface area (Å²) in [4.78, 5) is 14.5. The smallest absolute Gasteiger partial charge is 0.220 e. The Kier molecular flexibility index (Phi) is 5.64. The molecule has 2 saturated heterocycles. The van der Waals surface area contributed by atoms with E-state index in [9.17, 15) is 4.79 Å². The third-order valence-electron chi connectivity index (χ3n) is 4.32. The highest BCUT2D eigenvalue weighted by molar-refractivity contribution is 5.76. The summed E-state index contributed by atoms with van der Waals surface area (Å²) in [6.45, 7) is 7.65. The zero-order valence-corrected chi connectivity index (χ0v) is 12.5. The van der Waals surface area contributed by atoms with Crippen LogP contribution in [0.1, 0.15) is 52.4 Å². The molecule has 4 heteroatoms. The van der Waals surface area contributed by atoms with Crippen LogP contribution in [0.5, 0.6) is 0 Å². The number of piperidine rings is 1. The van der Waals surface area contributed by atoms with Crippen molar-refractivity contribution in [2.24, 2.45) is 0 Å². The van der Waals surface area contributed by atoms with Crippen LogP contribution in [0.4, 0.5) is 0 Å². The fourth-order valence-corrected chi connectivity index (χ4v) is 3.30. The van der Waals surface area contributed by atoms with Crippen LogP contribution in [-0.4, -0.2) is 48.6 Å². The van der Waals surface area contributed by atoms with Crippen molar-refractivity contribution in [3.05, 3.63) is 0 Å². The minimum Gasteiger partial charge on any atom is -0.353 e. The molecule has 2 heterocycles. The van der Waals surface area contributed by atoms with Gasteiger partial charge in [-0.3, -0.25) is 4.79 Å². The van der Waals surface area contributed by atoms with E-state index in [1.807, 2.05) is 0 Å². The third-order valence-corrected chi connectivity index (χ3v) is 4.32. The van der Waals surface area contributed by atoms with Gasteiger partial charge in [0.2, 0.25) is 5.91 Å². The summed E-state index contributed by atoms with van der Waals surface area (Å²) < 4.78 is 0. The van der Waals surface area contributed by atoms with Crippen molar-refractivity contribution < 1.29 is 4.79 Å². The van der Waals surface area contributed by atoms with Gasteiger partial charge in [-0.15, -0.1) is 0 Å². The Morgan fingerprint density at radius 1 is 1.32 bits per heavy atom. The van der Waals surface area contributed by atoms with E-state index in [1.54, 1.807) is 0 Å². The number of rotatable bonds is 6. The number of nitrogens with zero attached hydrogens (tertiary/aromatic N) is 1. The van der Waals surface area contributed by atoms with Gasteiger partial charge in [-0.05, 0) is 45.2 Å². The quantitative estimate of drug-likeness (QED) is 0.717. The molecule has 2 aliphatic heterocycles. The Balaban J connectivity index is 1.60. The Labute approximate surface area is 117 Å². The molecule has 1 amide bonds. The van der Waals surface area contributed by atoms with Gasteiger partial charge in [-0.1, -0.05) is 13.8 Å². The number of carbonyl (C=O) groups is 1. The lowest BCUT2D eigenvalue weighted by molar-refractivity contribution is -0.122. The number of fused-ring (bicyclic) bond motifs is 1. The molecule has 0 aliphatic carbocycles. The van der Waals surface area contributed by atoms with Crippen molar-refractivity contribution >= 4 is 5.91 Å². The first-order valence-corrected chi connectivity index (χ1v) is 7.92. The van der Waals surface area contributed by atoms with Crippen LogP contribution in [0.15, 0.2) is 0 Å². The number of amides is 1. The summed E-state index contributed by atoms with van der Waals surface area (Å²) in [5.41, 5.74) is 0. The topological polar surface area (TPSA) is 44.4 Å². The van der Waals surface area contributed by atoms with E-state index in [2.05, 4.69) is 29.4 Å². The molecule has 2 atom stereocenters. The van der Waals surface area contributed by atoms with Gasteiger partial charge in [0.1, 0.15) is 0 Å². The van der Waals surface area contributed by atoms with Crippen LogP contribution < -0.4 is 10.6 Å². The second-order valence-corrected chi connectivity index (χ2v) is 6.33. The van der Waals surface area contributed by atoms with Crippen molar-refractivity contribution in [3.8, 4) is 0 Å². The number of hydrogen-bond donors (Lipinski definition) is 2. The number of carbonyl (C=O) groups excluding carboxylic acids is 1. The number of nitrogens with one attached hydrogen (secondary N) is 2. The second kappa shape index (κ2) is 7.25. The molecule has 0 spiro atoms. The van der Waals surface area contributed by atoms with Crippen LogP contribution in [0, 0.1) is 0 Å². The zero-order valence-electron chi connectivity index (χ0n) is 12.5. The summed E-state index contributed by atoms with van der Waals surface area (Å²) >= 11 is 0. The van der Waals surface area contributed by atoms with Crippen LogP contribution in [-0.2, 0) is 4.79 Å². The molecule has 0 aromatic heterocycles. The van der Waals surface area contributed by atoms with E-state index in [-0.39, 0.29) is 5.91 Å². The summed E-state index contributed by atoms with van der Waals surface area (Å²) in [7, 11) is 0. The standard InChI is InChI=1S/C15H29N3O/c1-12(2)16-8-3-6-15(19)17-13-7-10-18-9-4-5-14(18)11-13/h12-14,16H,3-11H2,1-2H3,(H,17,19). The molecule has 0 radical (unpaired) electrons. The van der Waals surface area contributed by atoms with E-state index in [0.717, 1.165) is 31.8 Å². The van der Waals surface area contributed by atoms with Gasteiger partial charge in [-0.25, -0.2) is 0 Å². The predicted octanol–water partition coefficient (Wildman–Crippen LogP) is 1.51. The Morgan fingerprint density at radius 2 is 2.16 bits per heavy atom. The lowest BCUT2D eigenvalue weighted by Gasteiger charge is -2.35. The molecule has 2 aliphatic rings. The first-order chi connectivity index (χ1) is 9.15. The van der Waals surface area contributed by atoms with Crippen LogP contribution >= 0.6 is 0 Å². The fourth-order valence-electron chi connectivity index (χ4n) is 3.30. The van der Waals surface area contributed by atoms with E-state index in [0.29, 0.717) is 18.5 Å². The Morgan fingerprint density at radius 3 is 2.95 bits per heavy atom. The molecule has 0 bridgehead atoms. The van der Waals surface area contributed by atoms with Crippen molar-refractivity contribution in [2.45, 2.75) is 70.5 Å². The lowest BCUT2D eigenvalue weighted by atomic mass is 9.97. The summed E-state index contributed by atoms with van der Waals surface area (Å²) in [6, 6.07) is 1.67. The summed E-state index contributed by atoms with van der Waals surface area (Å²) in [6.07, 6.45) is 6.55. The monoisotopic (exact) mass is 267 g/mol. The molecule has 2 fully saturated rings. The third kappa shape index (κ3) is 4.77. The second-order valence-electron chi connectivity index (χ2n) is 6.33. The molecular weight excluding hydrogens is 238 g/mol. The van der Waals surface area contributed by atoms with Gasteiger partial charge in [0.15, 0.2) is 0 Å². The minimum absolute atomic E-state index is 0.238. The first kappa shape index (κ1) is 14.8. The summed E-state index contributed by atoms with van der Waals surface area (Å²) in [5, 5.41) is 6.57. The average Bonchev–Trinajstić information content (AvgIpc) is 2.82. The average molecular weight is 267 g/mol. The summed E-state index contributed by atoms with van der Waals surface area (Å²) in [5.74, 6) is 0.238. The molecule has 0 aromatic carbocycles. The zero-order chi connectivity index (χ0) is 13.7. The molecule has 2 unspecified atom stereocenters. The van der Waals surface area contributed by atoms with Gasteiger partial charge in [0.05, 0.1) is 0 Å². The normalized spacial score (nSPS) is 27.5. The van der Waals surface area contributed by atoms with E-state index < -0.39 is 0 Å². The molecule has 0 saturated carbocycles. The van der Waals surface area contributed by atoms with Gasteiger partial charge >= 0.3 is 0 Å². The highest BCUT2D eigenvalue weighted by Gasteiger charge is 2.31. The van der Waals surface area contributed by atoms with Crippen LogP contribution in [0.3, 0.4) is 0 Å². The van der Waals surface area contributed by atoms with E-state index >= 15 is 0 Å². The molecule has 4 nitrogen and oxygen atoms in total. The molecule has 2 N–H and O–H groups in total. The van der Waals surface area contributed by atoms with Crippen molar-refractivity contribution in [2.75, 3.05) is 19.6 Å². The molecular formula is C15H29N3O. The predicted molar refractivity (Wildman–Crippen MR) is 78.1 cm³/mol. The first-order valence-electron chi connectivity index (χ1n) is 7.92. The van der Waals surface area contributed by atoms with E-state index in [4.69, 9.17) is 0 Å².